The summed E-state index contributed by atoms with van der Waals surface area (Å²) in [6.45, 7) is 8.56. The lowest BCUT2D eigenvalue weighted by atomic mass is 9.83. The van der Waals surface area contributed by atoms with Gasteiger partial charge in [0.15, 0.2) is 0 Å². The van der Waals surface area contributed by atoms with E-state index in [-0.39, 0.29) is 5.56 Å². The molecule has 1 aromatic heterocycles. The van der Waals surface area contributed by atoms with Gasteiger partial charge in [0.25, 0.3) is 5.56 Å². The van der Waals surface area contributed by atoms with Gasteiger partial charge in [0.2, 0.25) is 0 Å². The van der Waals surface area contributed by atoms with Gasteiger partial charge in [0.05, 0.1) is 5.52 Å². The molecular formula is C45H31NO. The molecule has 0 aliphatic rings. The summed E-state index contributed by atoms with van der Waals surface area (Å²) in [5, 5.41) is 4.86. The Morgan fingerprint density at radius 1 is 0.426 bits per heavy atom. The zero-order valence-electron chi connectivity index (χ0n) is 25.9. The van der Waals surface area contributed by atoms with Crippen molar-refractivity contribution in [1.82, 2.24) is 4.57 Å². The minimum absolute atomic E-state index is 0.0460. The summed E-state index contributed by atoms with van der Waals surface area (Å²) in [5.74, 6) is 0. The van der Waals surface area contributed by atoms with Crippen LogP contribution in [0, 0.1) is 0 Å². The summed E-state index contributed by atoms with van der Waals surface area (Å²) in [6, 6.07) is 51.9. The van der Waals surface area contributed by atoms with Crippen LogP contribution in [0.25, 0.3) is 83.7 Å². The maximum Gasteiger partial charge on any atom is 0.263 e. The molecule has 8 rings (SSSR count). The van der Waals surface area contributed by atoms with Crippen LogP contribution in [0.2, 0.25) is 0 Å². The van der Waals surface area contributed by atoms with E-state index in [9.17, 15) is 4.79 Å². The third kappa shape index (κ3) is 4.62. The molecule has 0 aliphatic heterocycles. The SMILES string of the molecule is C=Cc1c(C=C)c(-c2ccc3c(c2)c(=O)n(-c2ccccc2)c2ccccc32)c2ccccc2c1-c1ccc(-c2ccccc2)cc1. The van der Waals surface area contributed by atoms with Crippen LogP contribution in [0.15, 0.2) is 170 Å². The molecule has 0 spiro atoms. The summed E-state index contributed by atoms with van der Waals surface area (Å²) < 4.78 is 1.82. The molecule has 0 fully saturated rings. The van der Waals surface area contributed by atoms with Crippen molar-refractivity contribution in [1.29, 1.82) is 0 Å². The van der Waals surface area contributed by atoms with E-state index in [4.69, 9.17) is 0 Å². The monoisotopic (exact) mass is 601 g/mol. The maximum atomic E-state index is 14.4. The van der Waals surface area contributed by atoms with Gasteiger partial charge in [-0.2, -0.15) is 0 Å². The van der Waals surface area contributed by atoms with Crippen LogP contribution in [0.3, 0.4) is 0 Å². The minimum atomic E-state index is -0.0460. The molecule has 8 aromatic rings. The number of rotatable bonds is 6. The summed E-state index contributed by atoms with van der Waals surface area (Å²) in [6.07, 6.45) is 3.86. The van der Waals surface area contributed by atoms with Gasteiger partial charge in [-0.15, -0.1) is 0 Å². The number of aromatic nitrogens is 1. The first kappa shape index (κ1) is 28.2. The molecule has 0 aliphatic carbocycles. The fourth-order valence-corrected chi connectivity index (χ4v) is 7.06. The van der Waals surface area contributed by atoms with Gasteiger partial charge in [-0.1, -0.05) is 153 Å². The molecule has 7 aromatic carbocycles. The Morgan fingerprint density at radius 2 is 0.915 bits per heavy atom. The molecule has 0 saturated carbocycles. The Hall–Kier alpha value is -6.25. The van der Waals surface area contributed by atoms with Crippen molar-refractivity contribution in [2.45, 2.75) is 0 Å². The molecule has 222 valence electrons. The highest BCUT2D eigenvalue weighted by Gasteiger charge is 2.20. The molecule has 0 radical (unpaired) electrons. The quantitative estimate of drug-likeness (QED) is 0.174. The average molecular weight is 602 g/mol. The first-order valence-electron chi connectivity index (χ1n) is 15.8. The molecule has 0 unspecified atom stereocenters. The number of hydrogen-bond donors (Lipinski definition) is 0. The predicted molar refractivity (Wildman–Crippen MR) is 201 cm³/mol. The van der Waals surface area contributed by atoms with Gasteiger partial charge in [0.1, 0.15) is 0 Å². The first-order valence-corrected chi connectivity index (χ1v) is 15.8. The second-order valence-electron chi connectivity index (χ2n) is 11.7. The van der Waals surface area contributed by atoms with Crippen molar-refractivity contribution < 1.29 is 0 Å². The van der Waals surface area contributed by atoms with Crippen molar-refractivity contribution in [3.8, 4) is 39.1 Å². The van der Waals surface area contributed by atoms with Gasteiger partial charge in [-0.25, -0.2) is 0 Å². The molecular weight excluding hydrogens is 571 g/mol. The Kier molecular flexibility index (Phi) is 6.97. The fraction of sp³-hybridized carbons (Fsp3) is 0. The third-order valence-corrected chi connectivity index (χ3v) is 9.17. The highest BCUT2D eigenvalue weighted by molar-refractivity contribution is 6.13. The van der Waals surface area contributed by atoms with Crippen LogP contribution in [-0.2, 0) is 0 Å². The zero-order valence-corrected chi connectivity index (χ0v) is 25.9. The maximum absolute atomic E-state index is 14.4. The van der Waals surface area contributed by atoms with Crippen LogP contribution in [0.4, 0.5) is 0 Å². The van der Waals surface area contributed by atoms with E-state index >= 15 is 0 Å². The zero-order chi connectivity index (χ0) is 31.9. The van der Waals surface area contributed by atoms with E-state index < -0.39 is 0 Å². The van der Waals surface area contributed by atoms with Gasteiger partial charge in [0, 0.05) is 16.5 Å². The lowest BCUT2D eigenvalue weighted by Crippen LogP contribution is -2.19. The van der Waals surface area contributed by atoms with Crippen LogP contribution >= 0.6 is 0 Å². The number of fused-ring (bicyclic) bond motifs is 4. The lowest BCUT2D eigenvalue weighted by Gasteiger charge is -2.21. The summed E-state index contributed by atoms with van der Waals surface area (Å²) in [5.41, 5.74) is 10.3. The van der Waals surface area contributed by atoms with E-state index in [2.05, 4.69) is 110 Å². The summed E-state index contributed by atoms with van der Waals surface area (Å²) in [7, 11) is 0. The van der Waals surface area contributed by atoms with E-state index in [1.54, 1.807) is 0 Å². The first-order chi connectivity index (χ1) is 23.2. The molecule has 0 atom stereocenters. The molecule has 0 saturated heterocycles. The number of nitrogens with zero attached hydrogens (tertiary/aromatic N) is 1. The predicted octanol–water partition coefficient (Wildman–Crippen LogP) is 11.6. The van der Waals surface area contributed by atoms with Crippen molar-refractivity contribution in [3.05, 3.63) is 186 Å². The molecule has 0 amide bonds. The number of benzene rings is 7. The second-order valence-corrected chi connectivity index (χ2v) is 11.7. The highest BCUT2D eigenvalue weighted by atomic mass is 16.1. The topological polar surface area (TPSA) is 22.0 Å². The second kappa shape index (κ2) is 11.6. The Labute approximate surface area is 273 Å². The molecule has 2 heteroatoms. The van der Waals surface area contributed by atoms with Gasteiger partial charge in [-0.05, 0) is 84.9 Å². The van der Waals surface area contributed by atoms with Crippen LogP contribution in [-0.4, -0.2) is 4.57 Å². The molecule has 0 N–H and O–H groups in total. The smallest absolute Gasteiger partial charge is 0.263 e. The molecule has 2 nitrogen and oxygen atoms in total. The lowest BCUT2D eigenvalue weighted by molar-refractivity contribution is 1.06. The normalized spacial score (nSPS) is 11.2. The van der Waals surface area contributed by atoms with E-state index in [1.165, 1.54) is 11.1 Å². The van der Waals surface area contributed by atoms with Crippen molar-refractivity contribution in [2.75, 3.05) is 0 Å². The van der Waals surface area contributed by atoms with Crippen LogP contribution < -0.4 is 5.56 Å². The van der Waals surface area contributed by atoms with Crippen molar-refractivity contribution in [2.24, 2.45) is 0 Å². The van der Waals surface area contributed by atoms with Gasteiger partial charge >= 0.3 is 0 Å². The van der Waals surface area contributed by atoms with Crippen LogP contribution in [0.5, 0.6) is 0 Å². The van der Waals surface area contributed by atoms with E-state index in [0.717, 1.165) is 66.1 Å². The largest absolute Gasteiger partial charge is 0.276 e. The highest BCUT2D eigenvalue weighted by Crippen LogP contribution is 2.44. The van der Waals surface area contributed by atoms with Crippen LogP contribution in [0.1, 0.15) is 11.1 Å². The fourth-order valence-electron chi connectivity index (χ4n) is 7.06. The summed E-state index contributed by atoms with van der Waals surface area (Å²) >= 11 is 0. The Balaban J connectivity index is 1.39. The van der Waals surface area contributed by atoms with E-state index in [0.29, 0.717) is 5.39 Å². The van der Waals surface area contributed by atoms with Gasteiger partial charge in [-0.3, -0.25) is 9.36 Å². The molecule has 47 heavy (non-hydrogen) atoms. The molecule has 0 bridgehead atoms. The third-order valence-electron chi connectivity index (χ3n) is 9.17. The molecule has 1 heterocycles. The Morgan fingerprint density at radius 3 is 1.55 bits per heavy atom. The average Bonchev–Trinajstić information content (AvgIpc) is 3.14. The van der Waals surface area contributed by atoms with Gasteiger partial charge < -0.3 is 0 Å². The number of para-hydroxylation sites is 2. The minimum Gasteiger partial charge on any atom is -0.276 e. The number of hydrogen-bond acceptors (Lipinski definition) is 1. The summed E-state index contributed by atoms with van der Waals surface area (Å²) in [4.78, 5) is 14.4. The standard InChI is InChI=1S/C45H31NO/c1-3-35-36(4-2)44(40-21-12-11-20-39(40)43(35)32-25-23-31(24-26-32)30-15-7-5-8-16-30)33-27-28-37-38-19-13-14-22-42(38)46(45(47)41(37)29-33)34-17-9-6-10-18-34/h3-29H,1-2H2. The Bertz CT molecular complexity index is 2540. The van der Waals surface area contributed by atoms with Crippen molar-refractivity contribution >= 4 is 44.6 Å². The number of pyridine rings is 1. The van der Waals surface area contributed by atoms with Crippen molar-refractivity contribution in [3.63, 3.8) is 0 Å². The van der Waals surface area contributed by atoms with E-state index in [1.807, 2.05) is 71.3 Å².